The van der Waals surface area contributed by atoms with Crippen molar-refractivity contribution in [2.75, 3.05) is 40.5 Å². The van der Waals surface area contributed by atoms with Gasteiger partial charge in [0.2, 0.25) is 5.72 Å². The Balaban J connectivity index is 1.42. The molecule has 0 amide bonds. The summed E-state index contributed by atoms with van der Waals surface area (Å²) in [6.07, 6.45) is 2.62. The fraction of sp³-hybridized carbons (Fsp3) is 0.458. The Morgan fingerprint density at radius 2 is 1.87 bits per heavy atom. The first-order chi connectivity index (χ1) is 15.2. The normalized spacial score (nSPS) is 23.6. The highest BCUT2D eigenvalue weighted by atomic mass is 16.6. The Morgan fingerprint density at radius 3 is 2.68 bits per heavy atom. The van der Waals surface area contributed by atoms with Crippen LogP contribution in [-0.2, 0) is 0 Å². The number of hydrogen-bond acceptors (Lipinski definition) is 7. The molecule has 4 aliphatic heterocycles. The first-order valence-corrected chi connectivity index (χ1v) is 11.0. The number of methoxy groups -OCH3 is 1. The van der Waals surface area contributed by atoms with E-state index in [0.29, 0.717) is 13.2 Å². The molecule has 0 saturated carbocycles. The molecule has 1 fully saturated rings. The first kappa shape index (κ1) is 18.8. The second kappa shape index (κ2) is 7.05. The van der Waals surface area contributed by atoms with E-state index in [-0.39, 0.29) is 6.04 Å². The van der Waals surface area contributed by atoms with Gasteiger partial charge in [0.25, 0.3) is 0 Å². The van der Waals surface area contributed by atoms with Crippen LogP contribution in [0.5, 0.6) is 23.0 Å². The lowest BCUT2D eigenvalue weighted by Crippen LogP contribution is -2.58. The number of likely N-dealkylation sites (tertiary alicyclic amines) is 1. The zero-order chi connectivity index (χ0) is 21.0. The molecule has 1 saturated heterocycles. The summed E-state index contributed by atoms with van der Waals surface area (Å²) < 4.78 is 23.9. The summed E-state index contributed by atoms with van der Waals surface area (Å²) in [5.41, 5.74) is 2.82. The van der Waals surface area contributed by atoms with Gasteiger partial charge in [0.05, 0.1) is 18.9 Å². The molecule has 31 heavy (non-hydrogen) atoms. The van der Waals surface area contributed by atoms with Crippen LogP contribution >= 0.6 is 0 Å². The third-order valence-corrected chi connectivity index (χ3v) is 6.85. The third kappa shape index (κ3) is 2.94. The highest BCUT2D eigenvalue weighted by Gasteiger charge is 2.52. The summed E-state index contributed by atoms with van der Waals surface area (Å²) in [5, 5.41) is 7.38. The number of fused-ring (bicyclic) bond motifs is 5. The van der Waals surface area contributed by atoms with E-state index in [1.165, 1.54) is 0 Å². The van der Waals surface area contributed by atoms with Gasteiger partial charge in [-0.05, 0) is 31.3 Å². The van der Waals surface area contributed by atoms with E-state index in [0.717, 1.165) is 72.2 Å². The van der Waals surface area contributed by atoms with Crippen molar-refractivity contribution in [1.29, 1.82) is 0 Å². The fourth-order valence-corrected chi connectivity index (χ4v) is 5.13. The van der Waals surface area contributed by atoms with Crippen LogP contribution in [0.2, 0.25) is 0 Å². The molecule has 1 spiro atoms. The molecule has 4 heterocycles. The maximum atomic E-state index is 6.74. The van der Waals surface area contributed by atoms with Gasteiger partial charge in [-0.15, -0.1) is 0 Å². The molecule has 0 bridgehead atoms. The van der Waals surface area contributed by atoms with Gasteiger partial charge in [-0.25, -0.2) is 5.01 Å². The van der Waals surface area contributed by atoms with Gasteiger partial charge in [0, 0.05) is 43.5 Å². The summed E-state index contributed by atoms with van der Waals surface area (Å²) in [7, 11) is 3.87. The van der Waals surface area contributed by atoms with E-state index in [1.54, 1.807) is 7.11 Å². The van der Waals surface area contributed by atoms with Crippen LogP contribution in [0.1, 0.15) is 36.4 Å². The number of ether oxygens (including phenoxy) is 4. The molecule has 0 aromatic heterocycles. The van der Waals surface area contributed by atoms with Crippen LogP contribution < -0.4 is 18.9 Å². The molecule has 0 radical (unpaired) electrons. The van der Waals surface area contributed by atoms with Gasteiger partial charge < -0.3 is 23.8 Å². The monoisotopic (exact) mass is 421 g/mol. The summed E-state index contributed by atoms with van der Waals surface area (Å²) >= 11 is 0. The minimum Gasteiger partial charge on any atom is -0.493 e. The van der Waals surface area contributed by atoms with Crippen molar-refractivity contribution in [3.63, 3.8) is 0 Å². The molecular formula is C24H27N3O4. The maximum absolute atomic E-state index is 6.74. The number of para-hydroxylation sites is 1. The minimum absolute atomic E-state index is 0.130. The van der Waals surface area contributed by atoms with Crippen molar-refractivity contribution in [1.82, 2.24) is 9.91 Å². The predicted molar refractivity (Wildman–Crippen MR) is 116 cm³/mol. The van der Waals surface area contributed by atoms with Crippen molar-refractivity contribution in [2.45, 2.75) is 31.0 Å². The second-order valence-electron chi connectivity index (χ2n) is 8.70. The second-order valence-corrected chi connectivity index (χ2v) is 8.70. The van der Waals surface area contributed by atoms with Gasteiger partial charge >= 0.3 is 0 Å². The minimum atomic E-state index is -0.450. The van der Waals surface area contributed by atoms with Crippen molar-refractivity contribution in [3.05, 3.63) is 47.5 Å². The summed E-state index contributed by atoms with van der Waals surface area (Å²) in [6.45, 7) is 3.12. The first-order valence-electron chi connectivity index (χ1n) is 11.0. The average molecular weight is 421 g/mol. The van der Waals surface area contributed by atoms with Crippen molar-refractivity contribution in [3.8, 4) is 23.0 Å². The molecule has 4 aliphatic rings. The Morgan fingerprint density at radius 1 is 1.06 bits per heavy atom. The molecule has 7 nitrogen and oxygen atoms in total. The molecular weight excluding hydrogens is 394 g/mol. The lowest BCUT2D eigenvalue weighted by Gasteiger charge is -2.50. The Labute approximate surface area is 182 Å². The van der Waals surface area contributed by atoms with Crippen LogP contribution in [0.3, 0.4) is 0 Å². The van der Waals surface area contributed by atoms with Gasteiger partial charge in [0.1, 0.15) is 13.2 Å². The van der Waals surface area contributed by atoms with E-state index in [2.05, 4.69) is 35.2 Å². The van der Waals surface area contributed by atoms with Crippen molar-refractivity contribution < 1.29 is 18.9 Å². The number of nitrogens with zero attached hydrogens (tertiary/aromatic N) is 3. The van der Waals surface area contributed by atoms with Crippen LogP contribution in [0.25, 0.3) is 0 Å². The Bertz CT molecular complexity index is 1050. The topological polar surface area (TPSA) is 55.8 Å². The quantitative estimate of drug-likeness (QED) is 0.741. The van der Waals surface area contributed by atoms with E-state index < -0.39 is 5.72 Å². The lowest BCUT2D eigenvalue weighted by atomic mass is 9.90. The standard InChI is InChI=1S/C24H27N3O4/c1-26-10-8-24(9-11-26)27-19(17-4-3-5-21(28-2)23(17)31-24)15-18(25-27)16-6-7-20-22(14-16)30-13-12-29-20/h3-7,14,19H,8-13,15H2,1-2H3/t19-/m1/s1. The molecule has 2 aromatic rings. The number of piperidine rings is 1. The van der Waals surface area contributed by atoms with Gasteiger partial charge in [-0.2, -0.15) is 5.10 Å². The van der Waals surface area contributed by atoms with Crippen molar-refractivity contribution >= 4 is 5.71 Å². The summed E-state index contributed by atoms with van der Waals surface area (Å²) in [4.78, 5) is 2.35. The Hall–Kier alpha value is -2.93. The fourth-order valence-electron chi connectivity index (χ4n) is 5.13. The zero-order valence-electron chi connectivity index (χ0n) is 18.0. The molecule has 0 aliphatic carbocycles. The van der Waals surface area contributed by atoms with E-state index in [9.17, 15) is 0 Å². The van der Waals surface area contributed by atoms with E-state index in [4.69, 9.17) is 24.0 Å². The number of hydrogen-bond donors (Lipinski definition) is 0. The lowest BCUT2D eigenvalue weighted by molar-refractivity contribution is -0.148. The highest BCUT2D eigenvalue weighted by molar-refractivity contribution is 6.02. The van der Waals surface area contributed by atoms with Crippen LogP contribution in [-0.4, -0.2) is 61.8 Å². The number of hydrazone groups is 1. The van der Waals surface area contributed by atoms with Crippen LogP contribution in [0, 0.1) is 0 Å². The van der Waals surface area contributed by atoms with Crippen LogP contribution in [0.15, 0.2) is 41.5 Å². The number of benzene rings is 2. The maximum Gasteiger partial charge on any atom is 0.200 e. The Kier molecular flexibility index (Phi) is 4.28. The average Bonchev–Trinajstić information content (AvgIpc) is 3.27. The van der Waals surface area contributed by atoms with E-state index >= 15 is 0 Å². The molecule has 162 valence electrons. The largest absolute Gasteiger partial charge is 0.493 e. The number of rotatable bonds is 2. The summed E-state index contributed by atoms with van der Waals surface area (Å²) in [6, 6.07) is 12.4. The van der Waals surface area contributed by atoms with Crippen LogP contribution in [0.4, 0.5) is 0 Å². The molecule has 6 rings (SSSR count). The molecule has 1 atom stereocenters. The molecule has 2 aromatic carbocycles. The van der Waals surface area contributed by atoms with Crippen molar-refractivity contribution in [2.24, 2.45) is 5.10 Å². The third-order valence-electron chi connectivity index (χ3n) is 6.85. The SMILES string of the molecule is COc1cccc2c1OC1(CCN(C)CC1)N1N=C(c3ccc4c(c3)OCCO4)C[C@H]21. The highest BCUT2D eigenvalue weighted by Crippen LogP contribution is 2.52. The van der Waals surface area contributed by atoms with Gasteiger partial charge in [-0.1, -0.05) is 12.1 Å². The molecule has 7 heteroatoms. The predicted octanol–water partition coefficient (Wildman–Crippen LogP) is 3.43. The van der Waals surface area contributed by atoms with Gasteiger partial charge in [0.15, 0.2) is 23.0 Å². The molecule has 0 N–H and O–H groups in total. The summed E-state index contributed by atoms with van der Waals surface area (Å²) in [5.74, 6) is 3.26. The zero-order valence-corrected chi connectivity index (χ0v) is 18.0. The molecule has 0 unspecified atom stereocenters. The smallest absolute Gasteiger partial charge is 0.200 e. The van der Waals surface area contributed by atoms with Gasteiger partial charge in [-0.3, -0.25) is 0 Å². The van der Waals surface area contributed by atoms with E-state index in [1.807, 2.05) is 18.2 Å².